The van der Waals surface area contributed by atoms with Crippen LogP contribution in [0, 0.1) is 0 Å². The lowest BCUT2D eigenvalue weighted by molar-refractivity contribution is 0.00578. The summed E-state index contributed by atoms with van der Waals surface area (Å²) in [4.78, 5) is 4.05. The van der Waals surface area contributed by atoms with Crippen LogP contribution in [0.1, 0.15) is 27.7 Å². The first-order valence-corrected chi connectivity index (χ1v) is 9.48. The van der Waals surface area contributed by atoms with Gasteiger partial charge in [0.1, 0.15) is 11.5 Å². The Hall–Kier alpha value is -2.63. The molecule has 0 bridgehead atoms. The Bertz CT molecular complexity index is 922. The average Bonchev–Trinajstić information content (AvgIpc) is 2.91. The molecule has 1 aliphatic rings. The van der Waals surface area contributed by atoms with Crippen LogP contribution >= 0.6 is 0 Å². The van der Waals surface area contributed by atoms with Crippen LogP contribution < -0.4 is 10.2 Å². The minimum absolute atomic E-state index is 0.344. The molecular weight excluding hydrogens is 349 g/mol. The fourth-order valence-electron chi connectivity index (χ4n) is 3.07. The van der Waals surface area contributed by atoms with Crippen LogP contribution in [0.4, 0.5) is 0 Å². The van der Waals surface area contributed by atoms with E-state index in [2.05, 4.69) is 32.7 Å². The molecule has 1 aliphatic heterocycles. The zero-order valence-corrected chi connectivity index (χ0v) is 16.7. The molecule has 1 saturated heterocycles. The molecule has 5 heteroatoms. The smallest absolute Gasteiger partial charge is 0.457 e. The van der Waals surface area contributed by atoms with Gasteiger partial charge in [-0.3, -0.25) is 4.98 Å². The second-order valence-corrected chi connectivity index (χ2v) is 8.02. The zero-order chi connectivity index (χ0) is 19.8. The highest BCUT2D eigenvalue weighted by molar-refractivity contribution is 6.62. The zero-order valence-electron chi connectivity index (χ0n) is 16.7. The molecule has 0 N–H and O–H groups in total. The maximum absolute atomic E-state index is 6.10. The van der Waals surface area contributed by atoms with E-state index in [0.717, 1.165) is 28.1 Å². The molecule has 0 spiro atoms. The summed E-state index contributed by atoms with van der Waals surface area (Å²) in [6.45, 7) is 8.22. The van der Waals surface area contributed by atoms with E-state index in [-0.39, 0.29) is 18.3 Å². The molecule has 0 radical (unpaired) electrons. The summed E-state index contributed by atoms with van der Waals surface area (Å²) in [7, 11) is -0.362. The van der Waals surface area contributed by atoms with Gasteiger partial charge < -0.3 is 14.0 Å². The minimum Gasteiger partial charge on any atom is -0.457 e. The summed E-state index contributed by atoms with van der Waals surface area (Å²) in [6.07, 6.45) is 3.59. The van der Waals surface area contributed by atoms with Crippen molar-refractivity contribution in [3.05, 3.63) is 73.1 Å². The average molecular weight is 373 g/mol. The van der Waals surface area contributed by atoms with Gasteiger partial charge in [0.25, 0.3) is 0 Å². The Balaban J connectivity index is 1.44. The second-order valence-electron chi connectivity index (χ2n) is 8.02. The largest absolute Gasteiger partial charge is 0.494 e. The molecule has 2 heterocycles. The topological polar surface area (TPSA) is 40.6 Å². The van der Waals surface area contributed by atoms with Crippen molar-refractivity contribution in [2.45, 2.75) is 38.9 Å². The molecule has 0 amide bonds. The molecule has 2 aromatic carbocycles. The number of hydrogen-bond donors (Lipinski definition) is 0. The normalized spacial score (nSPS) is 17.5. The summed E-state index contributed by atoms with van der Waals surface area (Å²) >= 11 is 0. The lowest BCUT2D eigenvalue weighted by atomic mass is 9.79. The van der Waals surface area contributed by atoms with E-state index in [4.69, 9.17) is 14.0 Å². The third-order valence-corrected chi connectivity index (χ3v) is 5.51. The lowest BCUT2D eigenvalue weighted by Gasteiger charge is -2.32. The summed E-state index contributed by atoms with van der Waals surface area (Å²) in [5.41, 5.74) is 2.56. The van der Waals surface area contributed by atoms with E-state index in [1.165, 1.54) is 0 Å². The van der Waals surface area contributed by atoms with Gasteiger partial charge in [-0.25, -0.2) is 0 Å². The molecule has 1 fully saturated rings. The van der Waals surface area contributed by atoms with Gasteiger partial charge in [0.2, 0.25) is 0 Å². The van der Waals surface area contributed by atoms with Gasteiger partial charge in [-0.1, -0.05) is 24.3 Å². The van der Waals surface area contributed by atoms with E-state index < -0.39 is 0 Å². The molecule has 0 unspecified atom stereocenters. The van der Waals surface area contributed by atoms with E-state index in [1.54, 1.807) is 12.4 Å². The molecular formula is C23H24BNO3. The second kappa shape index (κ2) is 7.08. The van der Waals surface area contributed by atoms with Crippen LogP contribution in [0.15, 0.2) is 73.1 Å². The Morgan fingerprint density at radius 1 is 0.679 bits per heavy atom. The minimum atomic E-state index is -0.362. The Kier molecular flexibility index (Phi) is 4.73. The fraction of sp³-hybridized carbons (Fsp3) is 0.261. The number of rotatable bonds is 4. The number of nitrogens with zero attached hydrogens (tertiary/aromatic N) is 1. The summed E-state index contributed by atoms with van der Waals surface area (Å²) < 4.78 is 18.2. The van der Waals surface area contributed by atoms with Gasteiger partial charge >= 0.3 is 7.12 Å². The first kappa shape index (κ1) is 18.7. The number of ether oxygens (including phenoxy) is 1. The molecule has 0 atom stereocenters. The van der Waals surface area contributed by atoms with Gasteiger partial charge in [-0.05, 0) is 80.7 Å². The number of hydrogen-bond acceptors (Lipinski definition) is 4. The first-order valence-electron chi connectivity index (χ1n) is 9.48. The van der Waals surface area contributed by atoms with Crippen LogP contribution in [0.25, 0.3) is 11.1 Å². The monoisotopic (exact) mass is 373 g/mol. The van der Waals surface area contributed by atoms with Gasteiger partial charge in [-0.15, -0.1) is 0 Å². The van der Waals surface area contributed by atoms with Crippen LogP contribution in [-0.2, 0) is 9.31 Å². The summed E-state index contributed by atoms with van der Waals surface area (Å²) in [6, 6.07) is 19.9. The maximum atomic E-state index is 6.10. The van der Waals surface area contributed by atoms with Crippen molar-refractivity contribution in [3.63, 3.8) is 0 Å². The lowest BCUT2D eigenvalue weighted by Crippen LogP contribution is -2.41. The quantitative estimate of drug-likeness (QED) is 0.614. The van der Waals surface area contributed by atoms with Crippen molar-refractivity contribution in [3.8, 4) is 22.6 Å². The SMILES string of the molecule is CC1(C)OB(c2ccc(Oc3ccc(-c4ccncc4)cc3)cc2)OC1(C)C. The Morgan fingerprint density at radius 3 is 1.68 bits per heavy atom. The molecule has 0 aliphatic carbocycles. The van der Waals surface area contributed by atoms with Crippen LogP contribution in [-0.4, -0.2) is 23.3 Å². The van der Waals surface area contributed by atoms with E-state index >= 15 is 0 Å². The third kappa shape index (κ3) is 3.68. The number of benzene rings is 2. The Labute approximate surface area is 166 Å². The number of aromatic nitrogens is 1. The third-order valence-electron chi connectivity index (χ3n) is 5.51. The first-order chi connectivity index (χ1) is 13.3. The molecule has 4 rings (SSSR count). The number of pyridine rings is 1. The van der Waals surface area contributed by atoms with Gasteiger partial charge in [-0.2, -0.15) is 0 Å². The summed E-state index contributed by atoms with van der Waals surface area (Å²) in [5.74, 6) is 1.57. The molecule has 4 nitrogen and oxygen atoms in total. The van der Waals surface area contributed by atoms with Crippen molar-refractivity contribution in [2.75, 3.05) is 0 Å². The standard InChI is InChI=1S/C23H24BNO3/c1-22(2)23(3,4)28-24(27-22)19-7-11-21(12-8-19)26-20-9-5-17(6-10-20)18-13-15-25-16-14-18/h5-16H,1-4H3. The van der Waals surface area contributed by atoms with Crippen LogP contribution in [0.5, 0.6) is 11.5 Å². The predicted molar refractivity (Wildman–Crippen MR) is 112 cm³/mol. The maximum Gasteiger partial charge on any atom is 0.494 e. The predicted octanol–water partition coefficient (Wildman–Crippen LogP) is 4.84. The highest BCUT2D eigenvalue weighted by atomic mass is 16.7. The molecule has 1 aromatic heterocycles. The fourth-order valence-corrected chi connectivity index (χ4v) is 3.07. The van der Waals surface area contributed by atoms with Crippen molar-refractivity contribution >= 4 is 12.6 Å². The molecule has 3 aromatic rings. The highest BCUT2D eigenvalue weighted by Gasteiger charge is 2.51. The van der Waals surface area contributed by atoms with Crippen molar-refractivity contribution in [1.82, 2.24) is 4.98 Å². The highest BCUT2D eigenvalue weighted by Crippen LogP contribution is 2.36. The molecule has 28 heavy (non-hydrogen) atoms. The van der Waals surface area contributed by atoms with E-state index in [0.29, 0.717) is 0 Å². The van der Waals surface area contributed by atoms with E-state index in [9.17, 15) is 0 Å². The van der Waals surface area contributed by atoms with Crippen molar-refractivity contribution in [2.24, 2.45) is 0 Å². The van der Waals surface area contributed by atoms with E-state index in [1.807, 2.05) is 60.7 Å². The van der Waals surface area contributed by atoms with Gasteiger partial charge in [0.15, 0.2) is 0 Å². The van der Waals surface area contributed by atoms with Crippen molar-refractivity contribution in [1.29, 1.82) is 0 Å². The van der Waals surface area contributed by atoms with Gasteiger partial charge in [0.05, 0.1) is 11.2 Å². The van der Waals surface area contributed by atoms with Crippen molar-refractivity contribution < 1.29 is 14.0 Å². The summed E-state index contributed by atoms with van der Waals surface area (Å²) in [5, 5.41) is 0. The Morgan fingerprint density at radius 2 is 1.14 bits per heavy atom. The van der Waals surface area contributed by atoms with Crippen LogP contribution in [0.3, 0.4) is 0 Å². The van der Waals surface area contributed by atoms with Gasteiger partial charge in [0, 0.05) is 12.4 Å². The van der Waals surface area contributed by atoms with Crippen LogP contribution in [0.2, 0.25) is 0 Å². The molecule has 0 saturated carbocycles. The molecule has 142 valence electrons.